The molecule has 3 aromatic rings. The number of hydrogen-bond donors (Lipinski definition) is 2. The first-order valence-corrected chi connectivity index (χ1v) is 9.29. The van der Waals surface area contributed by atoms with Crippen molar-refractivity contribution in [2.75, 3.05) is 30.8 Å². The lowest BCUT2D eigenvalue weighted by Gasteiger charge is -2.09. The van der Waals surface area contributed by atoms with Gasteiger partial charge in [-0.2, -0.15) is 4.98 Å². The Bertz CT molecular complexity index is 872. The molecule has 0 saturated carbocycles. The van der Waals surface area contributed by atoms with Gasteiger partial charge in [0.2, 0.25) is 5.95 Å². The number of nitrogens with zero attached hydrogens (tertiary/aromatic N) is 2. The Balaban J connectivity index is 1.46. The second-order valence-electron chi connectivity index (χ2n) is 6.10. The molecule has 0 amide bonds. The Morgan fingerprint density at radius 2 is 1.67 bits per heavy atom. The first kappa shape index (κ1) is 19.0. The molecular weight excluding hydrogens is 360 g/mol. The van der Waals surface area contributed by atoms with Gasteiger partial charge in [-0.3, -0.25) is 0 Å². The van der Waals surface area contributed by atoms with Gasteiger partial charge in [-0.25, -0.2) is 4.98 Å². The lowest BCUT2D eigenvalue weighted by atomic mass is 10.1. The number of methoxy groups -OCH3 is 1. The minimum absolute atomic E-state index is 0.614. The van der Waals surface area contributed by atoms with Crippen LogP contribution in [-0.2, 0) is 12.8 Å². The van der Waals surface area contributed by atoms with Crippen LogP contribution in [0.4, 0.5) is 11.8 Å². The Morgan fingerprint density at radius 1 is 0.926 bits per heavy atom. The van der Waals surface area contributed by atoms with E-state index in [0.717, 1.165) is 42.5 Å². The van der Waals surface area contributed by atoms with E-state index in [4.69, 9.17) is 16.3 Å². The molecule has 0 aliphatic heterocycles. The number of ether oxygens (including phenoxy) is 1. The number of benzene rings is 2. The van der Waals surface area contributed by atoms with Crippen molar-refractivity contribution in [1.82, 2.24) is 9.97 Å². The van der Waals surface area contributed by atoms with Gasteiger partial charge in [0, 0.05) is 24.3 Å². The van der Waals surface area contributed by atoms with E-state index in [-0.39, 0.29) is 0 Å². The van der Waals surface area contributed by atoms with Crippen LogP contribution in [0.15, 0.2) is 60.8 Å². The Morgan fingerprint density at radius 3 is 2.44 bits per heavy atom. The van der Waals surface area contributed by atoms with Crippen LogP contribution < -0.4 is 15.4 Å². The Hall–Kier alpha value is -2.79. The third-order valence-electron chi connectivity index (χ3n) is 4.10. The fourth-order valence-corrected chi connectivity index (χ4v) is 2.93. The number of hydrogen-bond acceptors (Lipinski definition) is 5. The second kappa shape index (κ2) is 9.78. The smallest absolute Gasteiger partial charge is 0.224 e. The van der Waals surface area contributed by atoms with Crippen molar-refractivity contribution in [2.45, 2.75) is 12.8 Å². The van der Waals surface area contributed by atoms with Gasteiger partial charge in [0.1, 0.15) is 11.6 Å². The van der Waals surface area contributed by atoms with E-state index in [1.54, 1.807) is 13.3 Å². The minimum atomic E-state index is 0.614. The zero-order valence-corrected chi connectivity index (χ0v) is 16.0. The summed E-state index contributed by atoms with van der Waals surface area (Å²) in [6, 6.07) is 17.8. The van der Waals surface area contributed by atoms with E-state index < -0.39 is 0 Å². The summed E-state index contributed by atoms with van der Waals surface area (Å²) in [5.41, 5.74) is 2.40. The molecule has 140 valence electrons. The number of anilines is 2. The molecule has 0 unspecified atom stereocenters. The quantitative estimate of drug-likeness (QED) is 0.572. The van der Waals surface area contributed by atoms with Crippen molar-refractivity contribution >= 4 is 23.4 Å². The summed E-state index contributed by atoms with van der Waals surface area (Å²) in [6.07, 6.45) is 3.50. The number of halogens is 1. The van der Waals surface area contributed by atoms with Crippen molar-refractivity contribution < 1.29 is 4.74 Å². The monoisotopic (exact) mass is 382 g/mol. The zero-order valence-electron chi connectivity index (χ0n) is 15.3. The summed E-state index contributed by atoms with van der Waals surface area (Å²) in [6.45, 7) is 1.53. The standard InChI is InChI=1S/C21H23ClN4O/c1-27-19-7-3-5-17(15-19)8-11-23-20-10-13-25-21(26-20)24-12-9-16-4-2-6-18(22)14-16/h2-7,10,13-15H,8-9,11-12H2,1H3,(H2,23,24,25,26). The fourth-order valence-electron chi connectivity index (χ4n) is 2.72. The van der Waals surface area contributed by atoms with Crippen LogP contribution in [-0.4, -0.2) is 30.2 Å². The van der Waals surface area contributed by atoms with Crippen LogP contribution in [0.2, 0.25) is 5.02 Å². The van der Waals surface area contributed by atoms with Crippen molar-refractivity contribution in [2.24, 2.45) is 0 Å². The molecule has 0 spiro atoms. The molecule has 0 radical (unpaired) electrons. The van der Waals surface area contributed by atoms with E-state index in [9.17, 15) is 0 Å². The van der Waals surface area contributed by atoms with Crippen molar-refractivity contribution in [3.05, 3.63) is 76.9 Å². The Kier molecular flexibility index (Phi) is 6.88. The van der Waals surface area contributed by atoms with E-state index in [2.05, 4.69) is 32.7 Å². The SMILES string of the molecule is COc1cccc(CCNc2ccnc(NCCc3cccc(Cl)c3)n2)c1. The zero-order chi connectivity index (χ0) is 18.9. The highest BCUT2D eigenvalue weighted by Crippen LogP contribution is 2.14. The number of rotatable bonds is 9. The van der Waals surface area contributed by atoms with Crippen LogP contribution in [0.3, 0.4) is 0 Å². The minimum Gasteiger partial charge on any atom is -0.497 e. The summed E-state index contributed by atoms with van der Waals surface area (Å²) in [4.78, 5) is 8.77. The maximum Gasteiger partial charge on any atom is 0.224 e. The molecule has 27 heavy (non-hydrogen) atoms. The van der Waals surface area contributed by atoms with E-state index in [1.165, 1.54) is 11.1 Å². The first-order valence-electron chi connectivity index (χ1n) is 8.91. The van der Waals surface area contributed by atoms with E-state index in [0.29, 0.717) is 5.95 Å². The van der Waals surface area contributed by atoms with Crippen molar-refractivity contribution in [3.63, 3.8) is 0 Å². The summed E-state index contributed by atoms with van der Waals surface area (Å²) in [7, 11) is 1.68. The molecule has 0 bridgehead atoms. The third-order valence-corrected chi connectivity index (χ3v) is 4.33. The van der Waals surface area contributed by atoms with Gasteiger partial charge in [-0.05, 0) is 54.3 Å². The van der Waals surface area contributed by atoms with Crippen LogP contribution in [0, 0.1) is 0 Å². The van der Waals surface area contributed by atoms with Gasteiger partial charge in [-0.1, -0.05) is 35.9 Å². The first-order chi connectivity index (χ1) is 13.2. The summed E-state index contributed by atoms with van der Waals surface area (Å²) >= 11 is 6.01. The molecule has 3 rings (SSSR count). The molecule has 1 heterocycles. The number of aromatic nitrogens is 2. The maximum absolute atomic E-state index is 6.01. The second-order valence-corrected chi connectivity index (χ2v) is 6.54. The van der Waals surface area contributed by atoms with Gasteiger partial charge in [0.15, 0.2) is 0 Å². The highest BCUT2D eigenvalue weighted by Gasteiger charge is 2.01. The summed E-state index contributed by atoms with van der Waals surface area (Å²) < 4.78 is 5.25. The van der Waals surface area contributed by atoms with Gasteiger partial charge >= 0.3 is 0 Å². The van der Waals surface area contributed by atoms with Gasteiger partial charge in [0.05, 0.1) is 7.11 Å². The van der Waals surface area contributed by atoms with Crippen molar-refractivity contribution in [1.29, 1.82) is 0 Å². The van der Waals surface area contributed by atoms with Crippen molar-refractivity contribution in [3.8, 4) is 5.75 Å². The molecule has 2 N–H and O–H groups in total. The lowest BCUT2D eigenvalue weighted by Crippen LogP contribution is -2.11. The van der Waals surface area contributed by atoms with Gasteiger partial charge < -0.3 is 15.4 Å². The highest BCUT2D eigenvalue weighted by molar-refractivity contribution is 6.30. The third kappa shape index (κ3) is 6.15. The molecule has 1 aromatic heterocycles. The van der Waals surface area contributed by atoms with Crippen LogP contribution >= 0.6 is 11.6 Å². The van der Waals surface area contributed by atoms with Crippen LogP contribution in [0.1, 0.15) is 11.1 Å². The topological polar surface area (TPSA) is 59.1 Å². The average molecular weight is 383 g/mol. The van der Waals surface area contributed by atoms with Gasteiger partial charge in [-0.15, -0.1) is 0 Å². The molecule has 0 aliphatic carbocycles. The molecular formula is C21H23ClN4O. The molecule has 0 fully saturated rings. The molecule has 2 aromatic carbocycles. The largest absolute Gasteiger partial charge is 0.497 e. The van der Waals surface area contributed by atoms with Crippen LogP contribution in [0.5, 0.6) is 5.75 Å². The van der Waals surface area contributed by atoms with E-state index in [1.807, 2.05) is 42.5 Å². The van der Waals surface area contributed by atoms with E-state index >= 15 is 0 Å². The lowest BCUT2D eigenvalue weighted by molar-refractivity contribution is 0.414. The molecule has 0 saturated heterocycles. The molecule has 5 nitrogen and oxygen atoms in total. The summed E-state index contributed by atoms with van der Waals surface area (Å²) in [5.74, 6) is 2.29. The average Bonchev–Trinajstić information content (AvgIpc) is 2.69. The highest BCUT2D eigenvalue weighted by atomic mass is 35.5. The molecule has 0 aliphatic rings. The summed E-state index contributed by atoms with van der Waals surface area (Å²) in [5, 5.41) is 7.35. The van der Waals surface area contributed by atoms with Gasteiger partial charge in [0.25, 0.3) is 0 Å². The maximum atomic E-state index is 6.01. The Labute approximate surface area is 164 Å². The van der Waals surface area contributed by atoms with Crippen LogP contribution in [0.25, 0.3) is 0 Å². The normalized spacial score (nSPS) is 10.4. The molecule has 0 atom stereocenters. The molecule has 6 heteroatoms. The predicted octanol–water partition coefficient (Wildman–Crippen LogP) is 4.45. The predicted molar refractivity (Wildman–Crippen MR) is 111 cm³/mol. The fraction of sp³-hybridized carbons (Fsp3) is 0.238. The number of nitrogens with one attached hydrogen (secondary N) is 2.